The first kappa shape index (κ1) is 15.2. The van der Waals surface area contributed by atoms with Crippen LogP contribution in [0.3, 0.4) is 0 Å². The second-order valence-electron chi connectivity index (χ2n) is 5.06. The maximum absolute atomic E-state index is 2.36. The molecule has 0 bridgehead atoms. The Morgan fingerprint density at radius 3 is 1.83 bits per heavy atom. The molecule has 0 aliphatic carbocycles. The van der Waals surface area contributed by atoms with Crippen molar-refractivity contribution < 1.29 is 0 Å². The molecule has 5 heteroatoms. The Hall–Kier alpha value is -1.40. The van der Waals surface area contributed by atoms with Crippen molar-refractivity contribution in [1.29, 1.82) is 0 Å². The largest absolute Gasteiger partial charge is 0.267 e. The van der Waals surface area contributed by atoms with Gasteiger partial charge >= 0.3 is 0 Å². The molecule has 0 fully saturated rings. The molecule has 0 N–H and O–H groups in total. The molecule has 0 amide bonds. The Labute approximate surface area is 152 Å². The summed E-state index contributed by atoms with van der Waals surface area (Å²) in [6, 6.07) is 17.5. The molecular formula is C18H13BS4. The molecule has 0 aliphatic heterocycles. The van der Waals surface area contributed by atoms with E-state index in [0.29, 0.717) is 6.71 Å². The molecule has 0 spiro atoms. The molecule has 0 unspecified atom stereocenters. The van der Waals surface area contributed by atoms with Crippen LogP contribution >= 0.6 is 45.3 Å². The van der Waals surface area contributed by atoms with E-state index in [0.717, 1.165) is 0 Å². The molecule has 4 heterocycles. The van der Waals surface area contributed by atoms with Gasteiger partial charge in [-0.2, -0.15) is 22.7 Å². The van der Waals surface area contributed by atoms with Crippen LogP contribution in [0.2, 0.25) is 0 Å². The Bertz CT molecular complexity index is 820. The van der Waals surface area contributed by atoms with Crippen molar-refractivity contribution in [2.45, 2.75) is 0 Å². The van der Waals surface area contributed by atoms with E-state index >= 15 is 0 Å². The van der Waals surface area contributed by atoms with Gasteiger partial charge < -0.3 is 0 Å². The standard InChI is InChI=1S/C18H13BS4/c1-5-14(20-9-1)13-15(16-6-2-10-21-16)19(17-7-3-11-22-17)18-8-4-12-23-18/h1-13H/b15-13-. The fourth-order valence-electron chi connectivity index (χ4n) is 2.62. The molecule has 112 valence electrons. The predicted octanol–water partition coefficient (Wildman–Crippen LogP) is 5.32. The molecular weight excluding hydrogens is 355 g/mol. The first-order chi connectivity index (χ1) is 11.4. The topological polar surface area (TPSA) is 0 Å². The van der Waals surface area contributed by atoms with E-state index in [1.165, 1.54) is 24.8 Å². The number of hydrogen-bond acceptors (Lipinski definition) is 4. The summed E-state index contributed by atoms with van der Waals surface area (Å²) >= 11 is 7.30. The maximum Gasteiger partial charge on any atom is 0.267 e. The molecule has 0 saturated carbocycles. The molecule has 0 radical (unpaired) electrons. The van der Waals surface area contributed by atoms with Crippen LogP contribution in [0.4, 0.5) is 0 Å². The lowest BCUT2D eigenvalue weighted by Gasteiger charge is -2.14. The monoisotopic (exact) mass is 368 g/mol. The van der Waals surface area contributed by atoms with Crippen LogP contribution < -0.4 is 9.55 Å². The number of hydrogen-bond donors (Lipinski definition) is 0. The lowest BCUT2D eigenvalue weighted by Crippen LogP contribution is -2.40. The van der Waals surface area contributed by atoms with Gasteiger partial charge in [-0.1, -0.05) is 36.4 Å². The molecule has 23 heavy (non-hydrogen) atoms. The molecule has 0 saturated heterocycles. The van der Waals surface area contributed by atoms with Gasteiger partial charge in [0.25, 0.3) is 6.71 Å². The first-order valence-corrected chi connectivity index (χ1v) is 10.8. The summed E-state index contributed by atoms with van der Waals surface area (Å²) in [5.41, 5.74) is 1.40. The third-order valence-corrected chi connectivity index (χ3v) is 7.23. The highest BCUT2D eigenvalue weighted by molar-refractivity contribution is 7.35. The lowest BCUT2D eigenvalue weighted by atomic mass is 9.42. The minimum Gasteiger partial charge on any atom is -0.158 e. The minimum absolute atomic E-state index is 0.316. The van der Waals surface area contributed by atoms with Crippen LogP contribution in [-0.4, -0.2) is 6.71 Å². The van der Waals surface area contributed by atoms with Gasteiger partial charge in [-0.3, -0.25) is 0 Å². The number of rotatable bonds is 5. The summed E-state index contributed by atoms with van der Waals surface area (Å²) in [6.45, 7) is 0.316. The van der Waals surface area contributed by atoms with Crippen molar-refractivity contribution in [2.75, 3.05) is 0 Å². The SMILES string of the molecule is C(=C(/B(c1cccs1)c1cccs1)c1cccs1)/c1cccs1. The van der Waals surface area contributed by atoms with E-state index < -0.39 is 0 Å². The normalized spacial score (nSPS) is 11.7. The quantitative estimate of drug-likeness (QED) is 0.418. The second kappa shape index (κ2) is 7.01. The van der Waals surface area contributed by atoms with Gasteiger partial charge in [-0.05, 0) is 54.8 Å². The van der Waals surface area contributed by atoms with E-state index in [2.05, 4.69) is 76.1 Å². The summed E-state index contributed by atoms with van der Waals surface area (Å²) in [5, 5.41) is 8.65. The van der Waals surface area contributed by atoms with Gasteiger partial charge in [0.2, 0.25) is 0 Å². The van der Waals surface area contributed by atoms with Crippen molar-refractivity contribution in [3.8, 4) is 0 Å². The molecule has 4 aromatic heterocycles. The summed E-state index contributed by atoms with van der Waals surface area (Å²) in [4.78, 5) is 2.66. The van der Waals surface area contributed by atoms with E-state index in [1.807, 2.05) is 34.0 Å². The van der Waals surface area contributed by atoms with Gasteiger partial charge in [0.15, 0.2) is 0 Å². The Kier molecular flexibility index (Phi) is 4.62. The molecule has 4 aromatic rings. The van der Waals surface area contributed by atoms with Crippen LogP contribution in [-0.2, 0) is 0 Å². The van der Waals surface area contributed by atoms with Gasteiger partial charge in [0.05, 0.1) is 0 Å². The average Bonchev–Trinajstić information content (AvgIpc) is 3.34. The van der Waals surface area contributed by atoms with Crippen LogP contribution in [0.25, 0.3) is 11.5 Å². The van der Waals surface area contributed by atoms with Crippen LogP contribution in [0.15, 0.2) is 70.1 Å². The average molecular weight is 368 g/mol. The van der Waals surface area contributed by atoms with Crippen molar-refractivity contribution >= 4 is 73.2 Å². The smallest absolute Gasteiger partial charge is 0.158 e. The number of thiophene rings is 4. The van der Waals surface area contributed by atoms with Gasteiger partial charge in [-0.25, -0.2) is 0 Å². The molecule has 0 aromatic carbocycles. The van der Waals surface area contributed by atoms with Crippen molar-refractivity contribution in [1.82, 2.24) is 0 Å². The predicted molar refractivity (Wildman–Crippen MR) is 110 cm³/mol. The summed E-state index contributed by atoms with van der Waals surface area (Å²) in [7, 11) is 0. The Morgan fingerprint density at radius 1 is 0.696 bits per heavy atom. The highest BCUT2D eigenvalue weighted by Crippen LogP contribution is 2.28. The van der Waals surface area contributed by atoms with Gasteiger partial charge in [0.1, 0.15) is 0 Å². The minimum atomic E-state index is 0.316. The summed E-state index contributed by atoms with van der Waals surface area (Å²) in [6.07, 6.45) is 2.36. The molecule has 0 atom stereocenters. The Balaban J connectivity index is 1.89. The molecule has 0 nitrogen and oxygen atoms in total. The third kappa shape index (κ3) is 3.28. The van der Waals surface area contributed by atoms with E-state index in [1.54, 1.807) is 11.3 Å². The van der Waals surface area contributed by atoms with E-state index in [9.17, 15) is 0 Å². The van der Waals surface area contributed by atoms with Crippen LogP contribution in [0.5, 0.6) is 0 Å². The zero-order chi connectivity index (χ0) is 15.5. The molecule has 4 rings (SSSR count). The fraction of sp³-hybridized carbons (Fsp3) is 0. The van der Waals surface area contributed by atoms with Gasteiger partial charge in [0, 0.05) is 9.75 Å². The Morgan fingerprint density at radius 2 is 1.30 bits per heavy atom. The molecule has 0 aliphatic rings. The zero-order valence-corrected chi connectivity index (χ0v) is 15.5. The van der Waals surface area contributed by atoms with Crippen LogP contribution in [0, 0.1) is 0 Å². The fourth-order valence-corrected chi connectivity index (χ4v) is 5.86. The first-order valence-electron chi connectivity index (χ1n) is 7.27. The third-order valence-electron chi connectivity index (χ3n) is 3.61. The summed E-state index contributed by atoms with van der Waals surface area (Å²) < 4.78 is 2.81. The van der Waals surface area contributed by atoms with E-state index in [-0.39, 0.29) is 0 Å². The highest BCUT2D eigenvalue weighted by Gasteiger charge is 2.27. The zero-order valence-electron chi connectivity index (χ0n) is 12.2. The second-order valence-corrected chi connectivity index (χ2v) is 8.94. The van der Waals surface area contributed by atoms with Crippen molar-refractivity contribution in [2.24, 2.45) is 0 Å². The van der Waals surface area contributed by atoms with Crippen LogP contribution in [0.1, 0.15) is 9.75 Å². The van der Waals surface area contributed by atoms with E-state index in [4.69, 9.17) is 0 Å². The summed E-state index contributed by atoms with van der Waals surface area (Å²) in [5.74, 6) is 0. The maximum atomic E-state index is 2.36. The van der Waals surface area contributed by atoms with Crippen molar-refractivity contribution in [3.05, 3.63) is 79.8 Å². The van der Waals surface area contributed by atoms with Gasteiger partial charge in [-0.15, -0.1) is 22.7 Å². The van der Waals surface area contributed by atoms with Crippen molar-refractivity contribution in [3.63, 3.8) is 0 Å². The highest BCUT2D eigenvalue weighted by atomic mass is 32.1. The lowest BCUT2D eigenvalue weighted by molar-refractivity contribution is 1.90.